The molecule has 1 aliphatic rings. The minimum atomic E-state index is -5.14. The summed E-state index contributed by atoms with van der Waals surface area (Å²) in [6.45, 7) is 0. The number of sulfone groups is 1. The smallest absolute Gasteiger partial charge is 0.306 e. The Morgan fingerprint density at radius 2 is 1.59 bits per heavy atom. The maximum atomic E-state index is 13.2. The molecule has 4 rings (SSSR count). The first-order valence-electron chi connectivity index (χ1n) is 9.32. The number of aromatic nitrogens is 2. The zero-order valence-electron chi connectivity index (χ0n) is 16.6. The Hall–Kier alpha value is -3.06. The molecule has 0 bridgehead atoms. The number of alkyl halides is 6. The van der Waals surface area contributed by atoms with E-state index in [1.54, 1.807) is 0 Å². The fraction of sp³-hybridized carbons (Fsp3) is 0.200. The summed E-state index contributed by atoms with van der Waals surface area (Å²) >= 11 is 5.97. The predicted molar refractivity (Wildman–Crippen MR) is 109 cm³/mol. The van der Waals surface area contributed by atoms with Gasteiger partial charge in [-0.25, -0.2) is 13.1 Å². The van der Waals surface area contributed by atoms with E-state index in [-0.39, 0.29) is 46.0 Å². The van der Waals surface area contributed by atoms with Crippen molar-refractivity contribution in [3.8, 4) is 5.69 Å². The molecular weight excluding hydrogens is 512 g/mol. The van der Waals surface area contributed by atoms with Crippen LogP contribution in [0.25, 0.3) is 5.69 Å². The lowest BCUT2D eigenvalue weighted by molar-refractivity contribution is -0.143. The van der Waals surface area contributed by atoms with Crippen molar-refractivity contribution in [3.63, 3.8) is 0 Å². The molecule has 14 heteroatoms. The normalized spacial score (nSPS) is 15.3. The SMILES string of the molecule is O=C(Nc1c2c(nn1-c1cccc(Cl)c1)CS(=O)(=O)C2)c1cc(C(F)(F)F)cc(C(F)(F)F)c1. The highest BCUT2D eigenvalue weighted by Crippen LogP contribution is 2.37. The monoisotopic (exact) mass is 523 g/mol. The molecule has 34 heavy (non-hydrogen) atoms. The third-order valence-electron chi connectivity index (χ3n) is 4.92. The fourth-order valence-corrected chi connectivity index (χ4v) is 5.11. The molecule has 2 aromatic carbocycles. The second kappa shape index (κ2) is 8.01. The Morgan fingerprint density at radius 3 is 2.15 bits per heavy atom. The number of rotatable bonds is 3. The molecular formula is C20H12ClF6N3O3S. The largest absolute Gasteiger partial charge is 0.416 e. The number of anilines is 1. The molecule has 1 aromatic heterocycles. The van der Waals surface area contributed by atoms with Crippen LogP contribution in [0.1, 0.15) is 32.7 Å². The van der Waals surface area contributed by atoms with E-state index in [4.69, 9.17) is 11.6 Å². The first kappa shape index (κ1) is 24.1. The fourth-order valence-electron chi connectivity index (χ4n) is 3.43. The van der Waals surface area contributed by atoms with Gasteiger partial charge in [-0.3, -0.25) is 4.79 Å². The van der Waals surface area contributed by atoms with Crippen LogP contribution >= 0.6 is 11.6 Å². The molecule has 2 heterocycles. The van der Waals surface area contributed by atoms with Crippen LogP contribution in [0, 0.1) is 0 Å². The Morgan fingerprint density at radius 1 is 0.971 bits per heavy atom. The molecule has 180 valence electrons. The zero-order chi connectivity index (χ0) is 25.1. The summed E-state index contributed by atoms with van der Waals surface area (Å²) in [5.41, 5.74) is -3.79. The van der Waals surface area contributed by atoms with Gasteiger partial charge < -0.3 is 5.32 Å². The van der Waals surface area contributed by atoms with Gasteiger partial charge >= 0.3 is 12.4 Å². The molecule has 0 saturated heterocycles. The number of nitrogens with zero attached hydrogens (tertiary/aromatic N) is 2. The van der Waals surface area contributed by atoms with Crippen molar-refractivity contribution < 1.29 is 39.6 Å². The van der Waals surface area contributed by atoms with E-state index < -0.39 is 56.3 Å². The molecule has 1 amide bonds. The number of halogens is 7. The first-order valence-corrected chi connectivity index (χ1v) is 11.5. The van der Waals surface area contributed by atoms with Gasteiger partial charge in [-0.15, -0.1) is 0 Å². The average Bonchev–Trinajstić information content (AvgIpc) is 3.18. The molecule has 6 nitrogen and oxygen atoms in total. The van der Waals surface area contributed by atoms with Crippen molar-refractivity contribution in [2.75, 3.05) is 5.32 Å². The van der Waals surface area contributed by atoms with E-state index in [1.807, 2.05) is 0 Å². The summed E-state index contributed by atoms with van der Waals surface area (Å²) in [4.78, 5) is 12.8. The minimum Gasteiger partial charge on any atom is -0.306 e. The topological polar surface area (TPSA) is 81.1 Å². The summed E-state index contributed by atoms with van der Waals surface area (Å²) in [6, 6.07) is 6.48. The number of fused-ring (bicyclic) bond motifs is 1. The van der Waals surface area contributed by atoms with Gasteiger partial charge in [-0.05, 0) is 36.4 Å². The molecule has 0 aliphatic carbocycles. The summed E-state index contributed by atoms with van der Waals surface area (Å²) in [6.07, 6.45) is -10.3. The molecule has 0 atom stereocenters. The van der Waals surface area contributed by atoms with E-state index >= 15 is 0 Å². The van der Waals surface area contributed by atoms with Crippen LogP contribution in [0.3, 0.4) is 0 Å². The molecule has 0 unspecified atom stereocenters. The van der Waals surface area contributed by atoms with Gasteiger partial charge in [0.25, 0.3) is 5.91 Å². The van der Waals surface area contributed by atoms with Gasteiger partial charge in [-0.1, -0.05) is 17.7 Å². The van der Waals surface area contributed by atoms with Crippen molar-refractivity contribution in [2.45, 2.75) is 23.9 Å². The highest BCUT2D eigenvalue weighted by molar-refractivity contribution is 7.90. The van der Waals surface area contributed by atoms with E-state index in [1.165, 1.54) is 24.3 Å². The second-order valence-corrected chi connectivity index (χ2v) is 9.95. The van der Waals surface area contributed by atoms with Crippen molar-refractivity contribution in [2.24, 2.45) is 0 Å². The number of benzene rings is 2. The van der Waals surface area contributed by atoms with Crippen LogP contribution in [0.15, 0.2) is 42.5 Å². The van der Waals surface area contributed by atoms with Gasteiger partial charge in [-0.2, -0.15) is 31.4 Å². The van der Waals surface area contributed by atoms with Crippen molar-refractivity contribution >= 4 is 33.2 Å². The van der Waals surface area contributed by atoms with Crippen LogP contribution < -0.4 is 5.32 Å². The second-order valence-electron chi connectivity index (χ2n) is 7.45. The zero-order valence-corrected chi connectivity index (χ0v) is 18.2. The maximum Gasteiger partial charge on any atom is 0.416 e. The van der Waals surface area contributed by atoms with Crippen LogP contribution in [-0.4, -0.2) is 24.1 Å². The van der Waals surface area contributed by atoms with E-state index in [9.17, 15) is 39.6 Å². The van der Waals surface area contributed by atoms with Gasteiger partial charge in [0.2, 0.25) is 0 Å². The van der Waals surface area contributed by atoms with Crippen LogP contribution in [-0.2, 0) is 33.7 Å². The van der Waals surface area contributed by atoms with Crippen LogP contribution in [0.5, 0.6) is 0 Å². The van der Waals surface area contributed by atoms with Crippen molar-refractivity contribution in [3.05, 3.63) is 75.4 Å². The highest BCUT2D eigenvalue weighted by atomic mass is 35.5. The van der Waals surface area contributed by atoms with Gasteiger partial charge in [0.1, 0.15) is 5.82 Å². The standard InChI is InChI=1S/C20H12ClF6N3O3S/c21-13-2-1-3-14(7-13)30-17(15-8-34(32,33)9-16(15)29-30)28-18(31)10-4-11(19(22,23)24)6-12(5-10)20(25,26)27/h1-7H,8-9H2,(H,28,31). The van der Waals surface area contributed by atoms with Crippen molar-refractivity contribution in [1.29, 1.82) is 0 Å². The lowest BCUT2D eigenvalue weighted by Crippen LogP contribution is -2.19. The summed E-state index contributed by atoms with van der Waals surface area (Å²) in [5, 5.41) is 6.67. The van der Waals surface area contributed by atoms with E-state index in [0.29, 0.717) is 0 Å². The molecule has 0 radical (unpaired) electrons. The Bertz CT molecular complexity index is 1380. The van der Waals surface area contributed by atoms with Crippen LogP contribution in [0.4, 0.5) is 32.2 Å². The number of hydrogen-bond acceptors (Lipinski definition) is 4. The lowest BCUT2D eigenvalue weighted by atomic mass is 10.0. The third kappa shape index (κ3) is 4.75. The molecule has 0 saturated carbocycles. The summed E-state index contributed by atoms with van der Waals surface area (Å²) < 4.78 is 104. The number of amides is 1. The first-order chi connectivity index (χ1) is 15.6. The summed E-state index contributed by atoms with van der Waals surface area (Å²) in [5.74, 6) is -2.48. The molecule has 0 fully saturated rings. The summed E-state index contributed by atoms with van der Waals surface area (Å²) in [7, 11) is -3.59. The minimum absolute atomic E-state index is 0.0800. The molecule has 3 aromatic rings. The van der Waals surface area contributed by atoms with Gasteiger partial charge in [0.15, 0.2) is 9.84 Å². The number of nitrogens with one attached hydrogen (secondary N) is 1. The lowest BCUT2D eigenvalue weighted by Gasteiger charge is -2.15. The number of carbonyl (C=O) groups excluding carboxylic acids is 1. The Kier molecular flexibility index (Phi) is 5.67. The molecule has 1 N–H and O–H groups in total. The van der Waals surface area contributed by atoms with Gasteiger partial charge in [0.05, 0.1) is 34.0 Å². The Labute approximate surface area is 193 Å². The molecule has 0 spiro atoms. The average molecular weight is 524 g/mol. The van der Waals surface area contributed by atoms with E-state index in [0.717, 1.165) is 4.68 Å². The number of carbonyl (C=O) groups is 1. The third-order valence-corrected chi connectivity index (χ3v) is 6.60. The van der Waals surface area contributed by atoms with Gasteiger partial charge in [0, 0.05) is 16.1 Å². The highest BCUT2D eigenvalue weighted by Gasteiger charge is 2.38. The van der Waals surface area contributed by atoms with Crippen LogP contribution in [0.2, 0.25) is 5.02 Å². The number of hydrogen-bond donors (Lipinski definition) is 1. The molecule has 1 aliphatic heterocycles. The maximum absolute atomic E-state index is 13.2. The Balaban J connectivity index is 1.81. The quantitative estimate of drug-likeness (QED) is 0.476. The predicted octanol–water partition coefficient (Wildman–Crippen LogP) is 5.24. The van der Waals surface area contributed by atoms with Crippen molar-refractivity contribution in [1.82, 2.24) is 9.78 Å². The van der Waals surface area contributed by atoms with E-state index in [2.05, 4.69) is 10.4 Å².